The van der Waals surface area contributed by atoms with Gasteiger partial charge in [0.2, 0.25) is 5.91 Å². The highest BCUT2D eigenvalue weighted by atomic mass is 32.2. The molecule has 3 rings (SSSR count). The highest BCUT2D eigenvalue weighted by Gasteiger charge is 2.28. The number of carbonyl (C=O) groups excluding carboxylic acids is 1. The van der Waals surface area contributed by atoms with Gasteiger partial charge in [-0.15, -0.1) is 11.8 Å². The van der Waals surface area contributed by atoms with Crippen LogP contribution in [0.3, 0.4) is 0 Å². The summed E-state index contributed by atoms with van der Waals surface area (Å²) in [6.07, 6.45) is 2.30. The van der Waals surface area contributed by atoms with E-state index in [4.69, 9.17) is 5.26 Å². The maximum absolute atomic E-state index is 12.3. The molecule has 5 nitrogen and oxygen atoms in total. The van der Waals surface area contributed by atoms with Crippen molar-refractivity contribution in [2.75, 3.05) is 5.32 Å². The van der Waals surface area contributed by atoms with Crippen LogP contribution in [0, 0.1) is 11.3 Å². The standard InChI is InChI=1S/C14H12N4OS/c1-18-8-10(7-15)13(17-18)16-14(19)12-6-9-4-2-3-5-11(9)20-12/h2-5,8,12H,6H2,1H3,(H,16,17,19). The molecule has 1 aliphatic rings. The number of rotatable bonds is 2. The van der Waals surface area contributed by atoms with Gasteiger partial charge in [0, 0.05) is 18.1 Å². The van der Waals surface area contributed by atoms with Crippen LogP contribution in [0.5, 0.6) is 0 Å². The van der Waals surface area contributed by atoms with Crippen molar-refractivity contribution < 1.29 is 4.79 Å². The number of nitriles is 1. The average Bonchev–Trinajstić information content (AvgIpc) is 3.01. The van der Waals surface area contributed by atoms with Crippen molar-refractivity contribution in [3.63, 3.8) is 0 Å². The minimum atomic E-state index is -0.166. The fourth-order valence-electron chi connectivity index (χ4n) is 2.19. The van der Waals surface area contributed by atoms with Crippen LogP contribution in [0.15, 0.2) is 35.4 Å². The Morgan fingerprint density at radius 3 is 3.10 bits per heavy atom. The zero-order chi connectivity index (χ0) is 14.1. The van der Waals surface area contributed by atoms with Crippen molar-refractivity contribution in [2.24, 2.45) is 7.05 Å². The summed E-state index contributed by atoms with van der Waals surface area (Å²) >= 11 is 1.55. The molecule has 1 aliphatic heterocycles. The number of fused-ring (bicyclic) bond motifs is 1. The van der Waals surface area contributed by atoms with Crippen molar-refractivity contribution in [1.29, 1.82) is 5.26 Å². The average molecular weight is 284 g/mol. The lowest BCUT2D eigenvalue weighted by atomic mass is 10.1. The van der Waals surface area contributed by atoms with Gasteiger partial charge in [-0.2, -0.15) is 10.4 Å². The molecule has 1 unspecified atom stereocenters. The zero-order valence-electron chi connectivity index (χ0n) is 10.8. The van der Waals surface area contributed by atoms with Crippen LogP contribution in [0.1, 0.15) is 11.1 Å². The number of aryl methyl sites for hydroxylation is 1. The second-order valence-corrected chi connectivity index (χ2v) is 5.83. The van der Waals surface area contributed by atoms with E-state index in [1.54, 1.807) is 25.0 Å². The van der Waals surface area contributed by atoms with Crippen molar-refractivity contribution in [1.82, 2.24) is 9.78 Å². The second-order valence-electron chi connectivity index (χ2n) is 4.58. The van der Waals surface area contributed by atoms with Crippen molar-refractivity contribution in [3.8, 4) is 6.07 Å². The molecule has 20 heavy (non-hydrogen) atoms. The Balaban J connectivity index is 1.74. The van der Waals surface area contributed by atoms with Gasteiger partial charge in [-0.25, -0.2) is 0 Å². The lowest BCUT2D eigenvalue weighted by molar-refractivity contribution is -0.115. The summed E-state index contributed by atoms with van der Waals surface area (Å²) in [6, 6.07) is 10.0. The third-order valence-corrected chi connectivity index (χ3v) is 4.45. The number of amides is 1. The van der Waals surface area contributed by atoms with Crippen molar-refractivity contribution >= 4 is 23.5 Å². The normalized spacial score (nSPS) is 16.5. The second kappa shape index (κ2) is 5.02. The molecule has 0 aliphatic carbocycles. The highest BCUT2D eigenvalue weighted by Crippen LogP contribution is 2.37. The first-order valence-electron chi connectivity index (χ1n) is 6.16. The first-order valence-corrected chi connectivity index (χ1v) is 7.04. The van der Waals surface area contributed by atoms with Crippen LogP contribution in [-0.2, 0) is 18.3 Å². The highest BCUT2D eigenvalue weighted by molar-refractivity contribution is 8.01. The lowest BCUT2D eigenvalue weighted by Gasteiger charge is -2.07. The van der Waals surface area contributed by atoms with Crippen molar-refractivity contribution in [3.05, 3.63) is 41.6 Å². The van der Waals surface area contributed by atoms with E-state index >= 15 is 0 Å². The quantitative estimate of drug-likeness (QED) is 0.915. The molecule has 0 saturated carbocycles. The number of thioether (sulfide) groups is 1. The number of hydrogen-bond acceptors (Lipinski definition) is 4. The predicted molar refractivity (Wildman–Crippen MR) is 76.3 cm³/mol. The molecule has 6 heteroatoms. The van der Waals surface area contributed by atoms with E-state index < -0.39 is 0 Å². The van der Waals surface area contributed by atoms with Crippen LogP contribution < -0.4 is 5.32 Å². The maximum Gasteiger partial charge on any atom is 0.239 e. The van der Waals surface area contributed by atoms with Gasteiger partial charge in [-0.3, -0.25) is 9.48 Å². The lowest BCUT2D eigenvalue weighted by Crippen LogP contribution is -2.25. The Morgan fingerprint density at radius 2 is 2.35 bits per heavy atom. The van der Waals surface area contributed by atoms with E-state index in [2.05, 4.69) is 10.4 Å². The van der Waals surface area contributed by atoms with E-state index in [0.29, 0.717) is 17.8 Å². The number of aromatic nitrogens is 2. The van der Waals surface area contributed by atoms with Gasteiger partial charge in [0.05, 0.1) is 5.25 Å². The Morgan fingerprint density at radius 1 is 1.55 bits per heavy atom. The summed E-state index contributed by atoms with van der Waals surface area (Å²) in [5.41, 5.74) is 1.57. The van der Waals surface area contributed by atoms with E-state index in [-0.39, 0.29) is 11.2 Å². The summed E-state index contributed by atoms with van der Waals surface area (Å²) < 4.78 is 1.52. The number of hydrogen-bond donors (Lipinski definition) is 1. The van der Waals surface area contributed by atoms with Gasteiger partial charge in [0.15, 0.2) is 5.82 Å². The van der Waals surface area contributed by atoms with Gasteiger partial charge < -0.3 is 5.32 Å². The van der Waals surface area contributed by atoms with Crippen molar-refractivity contribution in [2.45, 2.75) is 16.6 Å². The Kier molecular flexibility index (Phi) is 3.20. The molecule has 1 N–H and O–H groups in total. The predicted octanol–water partition coefficient (Wildman–Crippen LogP) is 1.95. The molecular formula is C14H12N4OS. The third kappa shape index (κ3) is 2.28. The number of nitrogens with one attached hydrogen (secondary N) is 1. The SMILES string of the molecule is Cn1cc(C#N)c(NC(=O)C2Cc3ccccc3S2)n1. The molecule has 0 bridgehead atoms. The molecule has 1 atom stereocenters. The molecule has 2 aromatic rings. The minimum absolute atomic E-state index is 0.110. The fourth-order valence-corrected chi connectivity index (χ4v) is 3.38. The van der Waals surface area contributed by atoms with Gasteiger partial charge in [0.25, 0.3) is 0 Å². The Labute approximate surface area is 120 Å². The Hall–Kier alpha value is -2.26. The minimum Gasteiger partial charge on any atom is -0.307 e. The maximum atomic E-state index is 12.3. The molecule has 0 fully saturated rings. The van der Waals surface area contributed by atoms with Crippen LogP contribution >= 0.6 is 11.8 Å². The van der Waals surface area contributed by atoms with E-state index in [1.807, 2.05) is 30.3 Å². The molecule has 0 spiro atoms. The molecule has 2 heterocycles. The van der Waals surface area contributed by atoms with E-state index in [0.717, 1.165) is 4.90 Å². The summed E-state index contributed by atoms with van der Waals surface area (Å²) in [4.78, 5) is 13.4. The summed E-state index contributed by atoms with van der Waals surface area (Å²) in [5, 5.41) is 15.7. The smallest absolute Gasteiger partial charge is 0.239 e. The van der Waals surface area contributed by atoms with Gasteiger partial charge in [0.1, 0.15) is 11.6 Å². The van der Waals surface area contributed by atoms with E-state index in [1.165, 1.54) is 10.2 Å². The van der Waals surface area contributed by atoms with Crippen LogP contribution in [-0.4, -0.2) is 20.9 Å². The number of anilines is 1. The summed E-state index contributed by atoms with van der Waals surface area (Å²) in [6.45, 7) is 0. The molecular weight excluding hydrogens is 272 g/mol. The Bertz CT molecular complexity index is 691. The zero-order valence-corrected chi connectivity index (χ0v) is 11.6. The molecule has 1 amide bonds. The van der Waals surface area contributed by atoms with Crippen LogP contribution in [0.2, 0.25) is 0 Å². The van der Waals surface area contributed by atoms with Gasteiger partial charge in [-0.1, -0.05) is 18.2 Å². The molecule has 0 radical (unpaired) electrons. The number of nitrogens with zero attached hydrogens (tertiary/aromatic N) is 3. The molecule has 1 aromatic carbocycles. The monoisotopic (exact) mass is 284 g/mol. The molecule has 100 valence electrons. The number of benzene rings is 1. The van der Waals surface area contributed by atoms with Gasteiger partial charge in [-0.05, 0) is 18.1 Å². The largest absolute Gasteiger partial charge is 0.307 e. The van der Waals surface area contributed by atoms with Crippen LogP contribution in [0.25, 0.3) is 0 Å². The summed E-state index contributed by atoms with van der Waals surface area (Å²) in [5.74, 6) is 0.220. The molecule has 0 saturated heterocycles. The fraction of sp³-hybridized carbons (Fsp3) is 0.214. The first-order chi connectivity index (χ1) is 9.67. The van der Waals surface area contributed by atoms with Crippen LogP contribution in [0.4, 0.5) is 5.82 Å². The van der Waals surface area contributed by atoms with E-state index in [9.17, 15) is 4.79 Å². The summed E-state index contributed by atoms with van der Waals surface area (Å²) in [7, 11) is 1.72. The topological polar surface area (TPSA) is 70.7 Å². The third-order valence-electron chi connectivity index (χ3n) is 3.13. The molecule has 1 aromatic heterocycles. The number of carbonyl (C=O) groups is 1. The first kappa shape index (κ1) is 12.8. The van der Waals surface area contributed by atoms with Gasteiger partial charge >= 0.3 is 0 Å².